The van der Waals surface area contributed by atoms with E-state index in [1.165, 1.54) is 22.4 Å². The molecule has 0 bridgehead atoms. The van der Waals surface area contributed by atoms with Crippen molar-refractivity contribution in [2.75, 3.05) is 0 Å². The first-order chi connectivity index (χ1) is 12.6. The zero-order valence-electron chi connectivity index (χ0n) is 17.3. The molecule has 1 heterocycles. The number of hydrogen-bond acceptors (Lipinski definition) is 1. The molecular formula is C24H35NO. The summed E-state index contributed by atoms with van der Waals surface area (Å²) in [4.78, 5) is 13.6. The lowest BCUT2D eigenvalue weighted by atomic mass is 9.90. The molecule has 0 amide bonds. The Balaban J connectivity index is 2.87. The minimum atomic E-state index is 0.211. The fourth-order valence-corrected chi connectivity index (χ4v) is 3.95. The van der Waals surface area contributed by atoms with Crippen molar-refractivity contribution in [3.8, 4) is 5.69 Å². The average Bonchev–Trinajstić information content (AvgIpc) is 2.63. The van der Waals surface area contributed by atoms with Crippen LogP contribution in [0.2, 0.25) is 0 Å². The lowest BCUT2D eigenvalue weighted by Gasteiger charge is -2.23. The van der Waals surface area contributed by atoms with E-state index in [0.29, 0.717) is 0 Å². The molecule has 0 spiro atoms. The molecule has 2 nitrogen and oxygen atoms in total. The summed E-state index contributed by atoms with van der Waals surface area (Å²) >= 11 is 0. The molecule has 0 aliphatic carbocycles. The van der Waals surface area contributed by atoms with Crippen molar-refractivity contribution in [2.45, 2.75) is 86.0 Å². The summed E-state index contributed by atoms with van der Waals surface area (Å²) in [6, 6.07) is 8.41. The topological polar surface area (TPSA) is 22.0 Å². The summed E-state index contributed by atoms with van der Waals surface area (Å²) in [6.45, 7) is 10.9. The second kappa shape index (κ2) is 9.75. The van der Waals surface area contributed by atoms with Crippen LogP contribution in [0.15, 0.2) is 29.1 Å². The molecule has 142 valence electrons. The van der Waals surface area contributed by atoms with E-state index in [0.717, 1.165) is 62.6 Å². The van der Waals surface area contributed by atoms with Crippen LogP contribution in [0.5, 0.6) is 0 Å². The first kappa shape index (κ1) is 20.5. The third kappa shape index (κ3) is 4.28. The van der Waals surface area contributed by atoms with Gasteiger partial charge in [-0.15, -0.1) is 0 Å². The number of hydrogen-bond donors (Lipinski definition) is 0. The van der Waals surface area contributed by atoms with Gasteiger partial charge in [0.15, 0.2) is 0 Å². The third-order valence-electron chi connectivity index (χ3n) is 5.09. The highest BCUT2D eigenvalue weighted by molar-refractivity contribution is 5.45. The number of rotatable bonds is 9. The second-order valence-electron chi connectivity index (χ2n) is 7.36. The van der Waals surface area contributed by atoms with Gasteiger partial charge in [0.25, 0.3) is 5.56 Å². The Morgan fingerprint density at radius 3 is 1.73 bits per heavy atom. The Hall–Kier alpha value is -1.83. The van der Waals surface area contributed by atoms with Crippen LogP contribution in [-0.4, -0.2) is 4.57 Å². The largest absolute Gasteiger partial charge is 0.281 e. The second-order valence-corrected chi connectivity index (χ2v) is 7.36. The van der Waals surface area contributed by atoms with Crippen molar-refractivity contribution in [1.29, 1.82) is 0 Å². The van der Waals surface area contributed by atoms with E-state index in [-0.39, 0.29) is 5.56 Å². The highest BCUT2D eigenvalue weighted by atomic mass is 16.1. The molecule has 0 saturated carbocycles. The molecule has 2 rings (SSSR count). The van der Waals surface area contributed by atoms with E-state index in [4.69, 9.17) is 0 Å². The fourth-order valence-electron chi connectivity index (χ4n) is 3.95. The van der Waals surface area contributed by atoms with Crippen LogP contribution in [0.25, 0.3) is 5.69 Å². The molecule has 0 N–H and O–H groups in total. The predicted molar refractivity (Wildman–Crippen MR) is 113 cm³/mol. The van der Waals surface area contributed by atoms with Gasteiger partial charge in [0.2, 0.25) is 0 Å². The maximum Gasteiger partial charge on any atom is 0.258 e. The fraction of sp³-hybridized carbons (Fsp3) is 0.542. The average molecular weight is 354 g/mol. The highest BCUT2D eigenvalue weighted by Gasteiger charge is 2.20. The molecule has 2 aromatic rings. The van der Waals surface area contributed by atoms with E-state index in [1.54, 1.807) is 0 Å². The van der Waals surface area contributed by atoms with Gasteiger partial charge in [-0.25, -0.2) is 0 Å². The highest BCUT2D eigenvalue weighted by Crippen LogP contribution is 2.25. The number of aromatic nitrogens is 1. The van der Waals surface area contributed by atoms with E-state index < -0.39 is 0 Å². The van der Waals surface area contributed by atoms with Gasteiger partial charge in [0.05, 0.1) is 0 Å². The van der Waals surface area contributed by atoms with Gasteiger partial charge in [0.1, 0.15) is 0 Å². The molecule has 1 aromatic carbocycles. The smallest absolute Gasteiger partial charge is 0.258 e. The predicted octanol–water partition coefficient (Wildman–Crippen LogP) is 5.96. The lowest BCUT2D eigenvalue weighted by molar-refractivity contribution is 0.726. The molecule has 0 fully saturated rings. The first-order valence-corrected chi connectivity index (χ1v) is 10.4. The molecule has 0 unspecified atom stereocenters. The van der Waals surface area contributed by atoms with Gasteiger partial charge >= 0.3 is 0 Å². The normalized spacial score (nSPS) is 11.1. The van der Waals surface area contributed by atoms with Crippen molar-refractivity contribution in [3.63, 3.8) is 0 Å². The molecule has 1 aromatic heterocycles. The maximum atomic E-state index is 13.6. The molecule has 0 aliphatic heterocycles. The number of benzene rings is 1. The van der Waals surface area contributed by atoms with Gasteiger partial charge in [-0.1, -0.05) is 71.1 Å². The Labute approximate surface area is 159 Å². The van der Waals surface area contributed by atoms with Crippen LogP contribution in [0.3, 0.4) is 0 Å². The van der Waals surface area contributed by atoms with Crippen LogP contribution in [0.1, 0.15) is 81.3 Å². The van der Waals surface area contributed by atoms with Gasteiger partial charge in [-0.3, -0.25) is 9.36 Å². The Bertz CT molecular complexity index is 768. The number of pyridine rings is 1. The summed E-state index contributed by atoms with van der Waals surface area (Å²) in [5.74, 6) is 0. The van der Waals surface area contributed by atoms with Crippen LogP contribution in [0.4, 0.5) is 0 Å². The summed E-state index contributed by atoms with van der Waals surface area (Å²) in [6.07, 6.45) is 8.20. The van der Waals surface area contributed by atoms with Gasteiger partial charge < -0.3 is 0 Å². The quantitative estimate of drug-likeness (QED) is 0.545. The van der Waals surface area contributed by atoms with Crippen LogP contribution in [0, 0.1) is 6.92 Å². The monoisotopic (exact) mass is 353 g/mol. The zero-order chi connectivity index (χ0) is 19.1. The molecule has 0 atom stereocenters. The van der Waals surface area contributed by atoms with Crippen LogP contribution in [-0.2, 0) is 25.7 Å². The van der Waals surface area contributed by atoms with Crippen LogP contribution >= 0.6 is 0 Å². The molecule has 0 aliphatic rings. The summed E-state index contributed by atoms with van der Waals surface area (Å²) in [5, 5.41) is 0. The first-order valence-electron chi connectivity index (χ1n) is 10.4. The molecular weight excluding hydrogens is 318 g/mol. The zero-order valence-corrected chi connectivity index (χ0v) is 17.3. The Morgan fingerprint density at radius 2 is 1.19 bits per heavy atom. The maximum absolute atomic E-state index is 13.6. The molecule has 0 radical (unpaired) electrons. The lowest BCUT2D eigenvalue weighted by Crippen LogP contribution is -2.30. The van der Waals surface area contributed by atoms with Gasteiger partial charge in [-0.2, -0.15) is 0 Å². The van der Waals surface area contributed by atoms with Gasteiger partial charge in [0, 0.05) is 16.9 Å². The number of nitrogens with zero attached hydrogens (tertiary/aromatic N) is 1. The van der Waals surface area contributed by atoms with E-state index in [9.17, 15) is 4.79 Å². The third-order valence-corrected chi connectivity index (χ3v) is 5.09. The van der Waals surface area contributed by atoms with Crippen molar-refractivity contribution in [3.05, 3.63) is 62.6 Å². The summed E-state index contributed by atoms with van der Waals surface area (Å²) < 4.78 is 2.03. The van der Waals surface area contributed by atoms with Gasteiger partial charge in [-0.05, 0) is 55.9 Å². The molecule has 0 saturated heterocycles. The SMILES string of the molecule is CCCc1c(CCC)c(CCC)n(-c2ccc(C)cc2)c(=O)c1CCC. The van der Waals surface area contributed by atoms with E-state index in [2.05, 4.69) is 58.9 Å². The summed E-state index contributed by atoms with van der Waals surface area (Å²) in [5.41, 5.74) is 7.55. The Kier molecular flexibility index (Phi) is 7.68. The molecule has 2 heteroatoms. The minimum Gasteiger partial charge on any atom is -0.281 e. The van der Waals surface area contributed by atoms with Crippen molar-refractivity contribution in [1.82, 2.24) is 4.57 Å². The minimum absolute atomic E-state index is 0.211. The van der Waals surface area contributed by atoms with Crippen molar-refractivity contribution in [2.24, 2.45) is 0 Å². The number of aryl methyl sites for hydroxylation is 1. The summed E-state index contributed by atoms with van der Waals surface area (Å²) in [7, 11) is 0. The van der Waals surface area contributed by atoms with Crippen molar-refractivity contribution < 1.29 is 0 Å². The Morgan fingerprint density at radius 1 is 0.692 bits per heavy atom. The standard InChI is InChI=1S/C24H35NO/c1-6-10-20-21(11-7-2)23(13-9-4)25(24(26)22(20)12-8-3)19-16-14-18(5)15-17-19/h14-17H,6-13H2,1-5H3. The molecule has 26 heavy (non-hydrogen) atoms. The van der Waals surface area contributed by atoms with E-state index in [1.807, 2.05) is 4.57 Å². The van der Waals surface area contributed by atoms with E-state index >= 15 is 0 Å². The van der Waals surface area contributed by atoms with Crippen molar-refractivity contribution >= 4 is 0 Å². The van der Waals surface area contributed by atoms with Crippen LogP contribution < -0.4 is 5.56 Å².